The van der Waals surface area contributed by atoms with Crippen molar-refractivity contribution in [3.05, 3.63) is 35.9 Å². The lowest BCUT2D eigenvalue weighted by Gasteiger charge is -2.28. The summed E-state index contributed by atoms with van der Waals surface area (Å²) in [5, 5.41) is 8.98. The van der Waals surface area contributed by atoms with Gasteiger partial charge in [0.2, 0.25) is 5.91 Å². The first-order valence-corrected chi connectivity index (χ1v) is 7.74. The van der Waals surface area contributed by atoms with Gasteiger partial charge < -0.3 is 10.0 Å². The van der Waals surface area contributed by atoms with Crippen molar-refractivity contribution < 1.29 is 14.7 Å². The molecule has 5 heteroatoms. The second-order valence-electron chi connectivity index (χ2n) is 6.07. The van der Waals surface area contributed by atoms with E-state index in [1.54, 1.807) is 18.9 Å². The lowest BCUT2D eigenvalue weighted by atomic mass is 10.1. The number of carbonyl (C=O) groups excluding carboxylic acids is 1. The third kappa shape index (κ3) is 4.07. The Morgan fingerprint density at radius 2 is 2.05 bits per heavy atom. The maximum absolute atomic E-state index is 12.6. The monoisotopic (exact) mass is 304 g/mol. The van der Waals surface area contributed by atoms with Crippen LogP contribution in [-0.2, 0) is 16.1 Å². The van der Waals surface area contributed by atoms with E-state index in [-0.39, 0.29) is 18.5 Å². The third-order valence-electron chi connectivity index (χ3n) is 4.22. The number of likely N-dealkylation sites (N-methyl/N-ethyl adjacent to an activating group) is 1. The predicted octanol–water partition coefficient (Wildman–Crippen LogP) is 1.83. The van der Waals surface area contributed by atoms with E-state index in [9.17, 15) is 9.59 Å². The number of hydrogen-bond donors (Lipinski definition) is 1. The van der Waals surface area contributed by atoms with Gasteiger partial charge in [-0.3, -0.25) is 14.5 Å². The second-order valence-corrected chi connectivity index (χ2v) is 6.07. The van der Waals surface area contributed by atoms with Crippen LogP contribution in [0.1, 0.15) is 25.3 Å². The molecule has 0 radical (unpaired) electrons. The van der Waals surface area contributed by atoms with Crippen molar-refractivity contribution in [3.8, 4) is 0 Å². The number of carbonyl (C=O) groups is 2. The van der Waals surface area contributed by atoms with Crippen LogP contribution in [0.15, 0.2) is 30.3 Å². The van der Waals surface area contributed by atoms with E-state index in [2.05, 4.69) is 17.0 Å². The molecule has 0 aliphatic carbocycles. The smallest absolute Gasteiger partial charge is 0.308 e. The van der Waals surface area contributed by atoms with Crippen molar-refractivity contribution >= 4 is 11.9 Å². The molecule has 2 atom stereocenters. The average molecular weight is 304 g/mol. The molecule has 2 unspecified atom stereocenters. The lowest BCUT2D eigenvalue weighted by Crippen LogP contribution is -2.45. The maximum Gasteiger partial charge on any atom is 0.308 e. The van der Waals surface area contributed by atoms with Crippen LogP contribution in [0.3, 0.4) is 0 Å². The van der Waals surface area contributed by atoms with Gasteiger partial charge in [0.25, 0.3) is 0 Å². The summed E-state index contributed by atoms with van der Waals surface area (Å²) < 4.78 is 0. The van der Waals surface area contributed by atoms with Crippen LogP contribution in [0, 0.1) is 5.92 Å². The van der Waals surface area contributed by atoms with Gasteiger partial charge in [0.1, 0.15) is 0 Å². The largest absolute Gasteiger partial charge is 0.481 e. The van der Waals surface area contributed by atoms with Crippen LogP contribution in [-0.4, -0.2) is 53.0 Å². The number of hydrogen-bond acceptors (Lipinski definition) is 3. The SMILES string of the molecule is CC(CN(C)C(=O)C1CCCN1Cc1ccccc1)C(=O)O. The zero-order valence-corrected chi connectivity index (χ0v) is 13.2. The van der Waals surface area contributed by atoms with E-state index < -0.39 is 11.9 Å². The number of benzene rings is 1. The molecule has 5 nitrogen and oxygen atoms in total. The van der Waals surface area contributed by atoms with Gasteiger partial charge in [-0.05, 0) is 24.9 Å². The molecule has 0 bridgehead atoms. The fourth-order valence-electron chi connectivity index (χ4n) is 2.95. The number of carboxylic acids is 1. The number of carboxylic acid groups (broad SMARTS) is 1. The fourth-order valence-corrected chi connectivity index (χ4v) is 2.95. The van der Waals surface area contributed by atoms with Crippen LogP contribution in [0.5, 0.6) is 0 Å². The highest BCUT2D eigenvalue weighted by atomic mass is 16.4. The Hall–Kier alpha value is -1.88. The standard InChI is InChI=1S/C17H24N2O3/c1-13(17(21)22)11-18(2)16(20)15-9-6-10-19(15)12-14-7-4-3-5-8-14/h3-5,7-8,13,15H,6,9-12H2,1-2H3,(H,21,22). The topological polar surface area (TPSA) is 60.9 Å². The first-order chi connectivity index (χ1) is 10.5. The molecule has 120 valence electrons. The number of nitrogens with zero attached hydrogens (tertiary/aromatic N) is 2. The minimum Gasteiger partial charge on any atom is -0.481 e. The van der Waals surface area contributed by atoms with Crippen molar-refractivity contribution in [1.29, 1.82) is 0 Å². The molecule has 0 aromatic heterocycles. The lowest BCUT2D eigenvalue weighted by molar-refractivity contribution is -0.143. The summed E-state index contributed by atoms with van der Waals surface area (Å²) in [4.78, 5) is 27.3. The van der Waals surface area contributed by atoms with E-state index in [0.717, 1.165) is 25.9 Å². The van der Waals surface area contributed by atoms with E-state index >= 15 is 0 Å². The molecule has 1 saturated heterocycles. The van der Waals surface area contributed by atoms with Crippen molar-refractivity contribution in [2.24, 2.45) is 5.92 Å². The highest BCUT2D eigenvalue weighted by Gasteiger charge is 2.33. The summed E-state index contributed by atoms with van der Waals surface area (Å²) in [7, 11) is 1.70. The van der Waals surface area contributed by atoms with Crippen molar-refractivity contribution in [1.82, 2.24) is 9.80 Å². The molecule has 1 aliphatic heterocycles. The Morgan fingerprint density at radius 1 is 1.36 bits per heavy atom. The molecule has 1 aromatic carbocycles. The molecule has 0 saturated carbocycles. The fraction of sp³-hybridized carbons (Fsp3) is 0.529. The molecule has 1 N–H and O–H groups in total. The van der Waals surface area contributed by atoms with Gasteiger partial charge >= 0.3 is 5.97 Å². The summed E-state index contributed by atoms with van der Waals surface area (Å²) in [6.45, 7) is 3.56. The normalized spacial score (nSPS) is 19.8. The van der Waals surface area contributed by atoms with Gasteiger partial charge in [-0.15, -0.1) is 0 Å². The molecule has 2 rings (SSSR count). The van der Waals surface area contributed by atoms with Crippen LogP contribution in [0.2, 0.25) is 0 Å². The van der Waals surface area contributed by atoms with Crippen LogP contribution >= 0.6 is 0 Å². The molecule has 22 heavy (non-hydrogen) atoms. The van der Waals surface area contributed by atoms with E-state index in [1.807, 2.05) is 18.2 Å². The average Bonchev–Trinajstić information content (AvgIpc) is 2.95. The molecule has 1 fully saturated rings. The van der Waals surface area contributed by atoms with Gasteiger partial charge in [0, 0.05) is 20.1 Å². The molecule has 1 aliphatic rings. The minimum atomic E-state index is -0.868. The zero-order valence-electron chi connectivity index (χ0n) is 13.2. The van der Waals surface area contributed by atoms with E-state index in [4.69, 9.17) is 5.11 Å². The third-order valence-corrected chi connectivity index (χ3v) is 4.22. The van der Waals surface area contributed by atoms with E-state index in [1.165, 1.54) is 5.56 Å². The van der Waals surface area contributed by atoms with Gasteiger partial charge in [-0.1, -0.05) is 37.3 Å². The van der Waals surface area contributed by atoms with Gasteiger partial charge in [0.05, 0.1) is 12.0 Å². The highest BCUT2D eigenvalue weighted by molar-refractivity contribution is 5.82. The maximum atomic E-state index is 12.6. The quantitative estimate of drug-likeness (QED) is 0.871. The summed E-state index contributed by atoms with van der Waals surface area (Å²) in [6, 6.07) is 9.99. The molecular weight excluding hydrogens is 280 g/mol. The number of likely N-dealkylation sites (tertiary alicyclic amines) is 1. The first kappa shape index (κ1) is 16.5. The Labute approximate surface area is 131 Å². The molecule has 1 heterocycles. The Balaban J connectivity index is 1.97. The summed E-state index contributed by atoms with van der Waals surface area (Å²) in [6.07, 6.45) is 1.85. The first-order valence-electron chi connectivity index (χ1n) is 7.74. The van der Waals surface area contributed by atoms with Gasteiger partial charge in [-0.2, -0.15) is 0 Å². The summed E-state index contributed by atoms with van der Waals surface area (Å²) in [5.74, 6) is -1.38. The number of aliphatic carboxylic acids is 1. The van der Waals surface area contributed by atoms with Gasteiger partial charge in [0.15, 0.2) is 0 Å². The van der Waals surface area contributed by atoms with Crippen LogP contribution in [0.4, 0.5) is 0 Å². The molecular formula is C17H24N2O3. The Kier molecular flexibility index (Phi) is 5.55. The van der Waals surface area contributed by atoms with Crippen LogP contribution in [0.25, 0.3) is 0 Å². The summed E-state index contributed by atoms with van der Waals surface area (Å²) in [5.41, 5.74) is 1.20. The molecule has 1 aromatic rings. The number of rotatable bonds is 6. The molecule has 0 spiro atoms. The Morgan fingerprint density at radius 3 is 2.68 bits per heavy atom. The van der Waals surface area contributed by atoms with E-state index in [0.29, 0.717) is 0 Å². The van der Waals surface area contributed by atoms with Crippen molar-refractivity contribution in [2.45, 2.75) is 32.4 Å². The number of amides is 1. The molecule has 1 amide bonds. The van der Waals surface area contributed by atoms with Gasteiger partial charge in [-0.25, -0.2) is 0 Å². The van der Waals surface area contributed by atoms with Crippen molar-refractivity contribution in [2.75, 3.05) is 20.1 Å². The van der Waals surface area contributed by atoms with Crippen molar-refractivity contribution in [3.63, 3.8) is 0 Å². The summed E-state index contributed by atoms with van der Waals surface area (Å²) >= 11 is 0. The predicted molar refractivity (Wildman–Crippen MR) is 84.3 cm³/mol. The second kappa shape index (κ2) is 7.40. The Bertz CT molecular complexity index is 518. The highest BCUT2D eigenvalue weighted by Crippen LogP contribution is 2.22. The zero-order chi connectivity index (χ0) is 16.1. The van der Waals surface area contributed by atoms with Crippen LogP contribution < -0.4 is 0 Å². The minimum absolute atomic E-state index is 0.0292.